The molecule has 2 aromatic rings. The van der Waals surface area contributed by atoms with E-state index in [-0.39, 0.29) is 22.6 Å². The largest absolute Gasteiger partial charge is 0.496 e. The maximum absolute atomic E-state index is 12.5. The molecule has 0 aliphatic rings. The number of allylic oxidation sites excluding steroid dienone is 1. The molecule has 0 aliphatic heterocycles. The van der Waals surface area contributed by atoms with Crippen LogP contribution in [0.5, 0.6) is 5.75 Å². The number of benzene rings is 1. The number of rotatable bonds is 9. The van der Waals surface area contributed by atoms with Crippen molar-refractivity contribution in [2.45, 2.75) is 58.3 Å². The summed E-state index contributed by atoms with van der Waals surface area (Å²) in [6.07, 6.45) is 2.68. The van der Waals surface area contributed by atoms with E-state index in [9.17, 15) is 4.79 Å². The molecule has 2 rings (SSSR count). The van der Waals surface area contributed by atoms with E-state index < -0.39 is 0 Å². The molecule has 0 radical (unpaired) electrons. The van der Waals surface area contributed by atoms with E-state index in [2.05, 4.69) is 56.7 Å². The zero-order chi connectivity index (χ0) is 21.7. The van der Waals surface area contributed by atoms with Crippen LogP contribution >= 0.6 is 11.8 Å². The number of para-hydroxylation sites is 1. The zero-order valence-corrected chi connectivity index (χ0v) is 19.1. The average molecular weight is 417 g/mol. The Morgan fingerprint density at radius 3 is 2.55 bits per heavy atom. The van der Waals surface area contributed by atoms with Gasteiger partial charge in [0.15, 0.2) is 11.0 Å². The van der Waals surface area contributed by atoms with Gasteiger partial charge in [-0.15, -0.1) is 16.8 Å². The van der Waals surface area contributed by atoms with E-state index in [1.165, 1.54) is 11.8 Å². The van der Waals surface area contributed by atoms with Crippen LogP contribution in [0, 0.1) is 5.41 Å². The first-order valence-corrected chi connectivity index (χ1v) is 10.7. The number of amides is 1. The second kappa shape index (κ2) is 9.48. The van der Waals surface area contributed by atoms with Gasteiger partial charge >= 0.3 is 0 Å². The minimum atomic E-state index is -0.271. The Balaban J connectivity index is 2.15. The van der Waals surface area contributed by atoms with E-state index in [1.807, 2.05) is 28.8 Å². The highest BCUT2D eigenvalue weighted by molar-refractivity contribution is 7.99. The molecule has 1 amide bonds. The van der Waals surface area contributed by atoms with Crippen LogP contribution in [0.4, 0.5) is 0 Å². The number of hydrogen-bond donors (Lipinski definition) is 1. The monoisotopic (exact) mass is 416 g/mol. The summed E-state index contributed by atoms with van der Waals surface area (Å²) in [6.45, 7) is 15.0. The fourth-order valence-electron chi connectivity index (χ4n) is 3.63. The number of ether oxygens (including phenoxy) is 1. The molecule has 1 heterocycles. The van der Waals surface area contributed by atoms with Gasteiger partial charge in [-0.1, -0.05) is 50.7 Å². The van der Waals surface area contributed by atoms with Crippen LogP contribution in [0.15, 0.2) is 42.1 Å². The molecule has 6 nitrogen and oxygen atoms in total. The molecule has 0 saturated heterocycles. The molecular formula is C22H32N4O2S. The molecule has 1 aromatic heterocycles. The van der Waals surface area contributed by atoms with Crippen molar-refractivity contribution in [3.05, 3.63) is 36.9 Å². The maximum atomic E-state index is 12.5. The van der Waals surface area contributed by atoms with Gasteiger partial charge in [-0.2, -0.15) is 0 Å². The Labute approximate surface area is 178 Å². The summed E-state index contributed by atoms with van der Waals surface area (Å²) in [6, 6.07) is 7.68. The van der Waals surface area contributed by atoms with Crippen molar-refractivity contribution in [3.8, 4) is 17.1 Å². The van der Waals surface area contributed by atoms with Gasteiger partial charge in [-0.25, -0.2) is 0 Å². The van der Waals surface area contributed by atoms with Crippen molar-refractivity contribution in [3.63, 3.8) is 0 Å². The second-order valence-corrected chi connectivity index (χ2v) is 9.81. The molecule has 158 valence electrons. The Bertz CT molecular complexity index is 853. The second-order valence-electron chi connectivity index (χ2n) is 8.86. The van der Waals surface area contributed by atoms with Crippen LogP contribution in [0.2, 0.25) is 0 Å². The van der Waals surface area contributed by atoms with Gasteiger partial charge < -0.3 is 10.1 Å². The van der Waals surface area contributed by atoms with Crippen LogP contribution in [-0.4, -0.2) is 39.1 Å². The van der Waals surface area contributed by atoms with Crippen molar-refractivity contribution in [1.29, 1.82) is 0 Å². The SMILES string of the molecule is C=CCn1c(SCC(=O)NC(C)(C)CC(C)(C)C)nnc1-c1ccccc1OC. The summed E-state index contributed by atoms with van der Waals surface area (Å²) in [5, 5.41) is 12.5. The first-order chi connectivity index (χ1) is 13.6. The van der Waals surface area contributed by atoms with Gasteiger partial charge in [0, 0.05) is 12.1 Å². The van der Waals surface area contributed by atoms with Crippen molar-refractivity contribution < 1.29 is 9.53 Å². The number of nitrogens with one attached hydrogen (secondary N) is 1. The van der Waals surface area contributed by atoms with Crippen molar-refractivity contribution >= 4 is 17.7 Å². The summed E-state index contributed by atoms with van der Waals surface area (Å²) in [5.41, 5.74) is 0.720. The normalized spacial score (nSPS) is 11.9. The Morgan fingerprint density at radius 1 is 1.24 bits per heavy atom. The fourth-order valence-corrected chi connectivity index (χ4v) is 4.38. The van der Waals surface area contributed by atoms with Crippen LogP contribution in [0.1, 0.15) is 41.0 Å². The van der Waals surface area contributed by atoms with Crippen LogP contribution in [-0.2, 0) is 11.3 Å². The number of carbonyl (C=O) groups excluding carboxylic acids is 1. The molecule has 0 bridgehead atoms. The molecule has 0 unspecified atom stereocenters. The Hall–Kier alpha value is -2.28. The number of hydrogen-bond acceptors (Lipinski definition) is 5. The number of nitrogens with zero attached hydrogens (tertiary/aromatic N) is 3. The summed E-state index contributed by atoms with van der Waals surface area (Å²) < 4.78 is 7.40. The molecule has 0 fully saturated rings. The first-order valence-electron chi connectivity index (χ1n) is 9.67. The van der Waals surface area contributed by atoms with Gasteiger partial charge in [0.05, 0.1) is 18.4 Å². The minimum absolute atomic E-state index is 0.0174. The highest BCUT2D eigenvalue weighted by atomic mass is 32.2. The molecule has 0 atom stereocenters. The molecule has 0 saturated carbocycles. The van der Waals surface area contributed by atoms with Crippen molar-refractivity contribution in [2.24, 2.45) is 5.41 Å². The van der Waals surface area contributed by atoms with E-state index >= 15 is 0 Å². The molecule has 1 N–H and O–H groups in total. The van der Waals surface area contributed by atoms with Crippen molar-refractivity contribution in [1.82, 2.24) is 20.1 Å². The summed E-state index contributed by atoms with van der Waals surface area (Å²) in [5.74, 6) is 1.67. The summed E-state index contributed by atoms with van der Waals surface area (Å²) in [7, 11) is 1.63. The van der Waals surface area contributed by atoms with Gasteiger partial charge in [-0.3, -0.25) is 9.36 Å². The van der Waals surface area contributed by atoms with E-state index in [1.54, 1.807) is 13.2 Å². The van der Waals surface area contributed by atoms with Gasteiger partial charge in [0.2, 0.25) is 5.91 Å². The summed E-state index contributed by atoms with van der Waals surface area (Å²) in [4.78, 5) is 12.5. The van der Waals surface area contributed by atoms with Gasteiger partial charge in [0.1, 0.15) is 5.75 Å². The van der Waals surface area contributed by atoms with Crippen LogP contribution < -0.4 is 10.1 Å². The number of aromatic nitrogens is 3. The van der Waals surface area contributed by atoms with Crippen molar-refractivity contribution in [2.75, 3.05) is 12.9 Å². The minimum Gasteiger partial charge on any atom is -0.496 e. The third kappa shape index (κ3) is 6.63. The molecule has 7 heteroatoms. The average Bonchev–Trinajstić information content (AvgIpc) is 3.00. The quantitative estimate of drug-likeness (QED) is 0.479. The molecule has 29 heavy (non-hydrogen) atoms. The van der Waals surface area contributed by atoms with Crippen LogP contribution in [0.25, 0.3) is 11.4 Å². The fraction of sp³-hybridized carbons (Fsp3) is 0.500. The smallest absolute Gasteiger partial charge is 0.230 e. The predicted molar refractivity (Wildman–Crippen MR) is 119 cm³/mol. The highest BCUT2D eigenvalue weighted by Crippen LogP contribution is 2.31. The number of thioether (sulfide) groups is 1. The van der Waals surface area contributed by atoms with Crippen LogP contribution in [0.3, 0.4) is 0 Å². The molecule has 0 aliphatic carbocycles. The molecular weight excluding hydrogens is 384 g/mol. The van der Waals surface area contributed by atoms with E-state index in [0.717, 1.165) is 17.7 Å². The summed E-state index contributed by atoms with van der Waals surface area (Å²) >= 11 is 1.37. The Kier molecular flexibility index (Phi) is 7.52. The number of carbonyl (C=O) groups is 1. The lowest BCUT2D eigenvalue weighted by Crippen LogP contribution is -2.46. The Morgan fingerprint density at radius 2 is 1.93 bits per heavy atom. The molecule has 0 spiro atoms. The number of methoxy groups -OCH3 is 1. The third-order valence-corrected chi connectivity index (χ3v) is 5.13. The first kappa shape index (κ1) is 23.0. The molecule has 1 aromatic carbocycles. The maximum Gasteiger partial charge on any atom is 0.230 e. The topological polar surface area (TPSA) is 69.0 Å². The van der Waals surface area contributed by atoms with Gasteiger partial charge in [-0.05, 0) is 37.8 Å². The third-order valence-electron chi connectivity index (χ3n) is 4.16. The lowest BCUT2D eigenvalue weighted by atomic mass is 9.82. The van der Waals surface area contributed by atoms with E-state index in [4.69, 9.17) is 4.74 Å². The highest BCUT2D eigenvalue weighted by Gasteiger charge is 2.27. The predicted octanol–water partition coefficient (Wildman–Crippen LogP) is 4.56. The lowest BCUT2D eigenvalue weighted by Gasteiger charge is -2.33. The van der Waals surface area contributed by atoms with Gasteiger partial charge in [0.25, 0.3) is 0 Å². The standard InChI is InChI=1S/C22H32N4O2S/c1-8-13-26-19(16-11-9-10-12-17(16)28-7)24-25-20(26)29-14-18(27)23-22(5,6)15-21(2,3)4/h8-12H,1,13-15H2,2-7H3,(H,23,27). The van der Waals surface area contributed by atoms with E-state index in [0.29, 0.717) is 17.5 Å². The lowest BCUT2D eigenvalue weighted by molar-refractivity contribution is -0.120. The zero-order valence-electron chi connectivity index (χ0n) is 18.3.